The molecule has 1 unspecified atom stereocenters. The number of benzene rings is 1. The van der Waals surface area contributed by atoms with Gasteiger partial charge >= 0.3 is 12.1 Å². The molecule has 2 amide bonds. The van der Waals surface area contributed by atoms with E-state index in [9.17, 15) is 19.5 Å². The molecule has 0 spiro atoms. The summed E-state index contributed by atoms with van der Waals surface area (Å²) in [5, 5.41) is 14.2. The van der Waals surface area contributed by atoms with Crippen LogP contribution in [0.1, 0.15) is 33.6 Å². The van der Waals surface area contributed by atoms with Crippen LogP contribution < -0.4 is 10.6 Å². The number of hydrogen-bond donors (Lipinski definition) is 3. The van der Waals surface area contributed by atoms with Crippen LogP contribution in [-0.4, -0.2) is 41.8 Å². The quantitative estimate of drug-likeness (QED) is 0.534. The summed E-state index contributed by atoms with van der Waals surface area (Å²) in [6.45, 7) is 5.10. The van der Waals surface area contributed by atoms with E-state index in [0.717, 1.165) is 0 Å². The molecule has 0 aliphatic heterocycles. The lowest BCUT2D eigenvalue weighted by Gasteiger charge is -2.22. The summed E-state index contributed by atoms with van der Waals surface area (Å²) >= 11 is 0. The summed E-state index contributed by atoms with van der Waals surface area (Å²) in [7, 11) is 1.20. The van der Waals surface area contributed by atoms with Crippen LogP contribution in [0.3, 0.4) is 0 Å². The number of methoxy groups -OCH3 is 1. The van der Waals surface area contributed by atoms with Gasteiger partial charge in [0.1, 0.15) is 17.4 Å². The number of esters is 1. The molecule has 1 atom stereocenters. The zero-order chi connectivity index (χ0) is 19.0. The minimum atomic E-state index is -0.995. The van der Waals surface area contributed by atoms with Gasteiger partial charge in [-0.25, -0.2) is 9.59 Å². The van der Waals surface area contributed by atoms with E-state index in [1.807, 2.05) is 0 Å². The highest BCUT2D eigenvalue weighted by atomic mass is 16.6. The number of aromatic hydroxyl groups is 1. The molecular formula is C17H24N2O6. The second-order valence-electron chi connectivity index (χ2n) is 6.36. The third-order valence-corrected chi connectivity index (χ3v) is 2.99. The molecule has 0 bridgehead atoms. The average Bonchev–Trinajstić information content (AvgIpc) is 2.51. The Hall–Kier alpha value is -2.77. The third kappa shape index (κ3) is 8.05. The maximum atomic E-state index is 12.0. The molecule has 1 aromatic rings. The fraction of sp³-hybridized carbons (Fsp3) is 0.471. The minimum absolute atomic E-state index is 0.0174. The molecule has 0 aliphatic rings. The van der Waals surface area contributed by atoms with Crippen LogP contribution >= 0.6 is 0 Å². The molecule has 0 aliphatic carbocycles. The van der Waals surface area contributed by atoms with Gasteiger partial charge < -0.3 is 25.2 Å². The fourth-order valence-corrected chi connectivity index (χ4v) is 1.88. The van der Waals surface area contributed by atoms with E-state index in [-0.39, 0.29) is 24.5 Å². The van der Waals surface area contributed by atoms with Crippen molar-refractivity contribution >= 4 is 23.7 Å². The van der Waals surface area contributed by atoms with Gasteiger partial charge in [-0.2, -0.15) is 0 Å². The van der Waals surface area contributed by atoms with Crippen LogP contribution in [0.2, 0.25) is 0 Å². The van der Waals surface area contributed by atoms with Crippen LogP contribution in [0.5, 0.6) is 5.75 Å². The van der Waals surface area contributed by atoms with E-state index in [1.165, 1.54) is 19.2 Å². The van der Waals surface area contributed by atoms with Crippen molar-refractivity contribution in [3.05, 3.63) is 24.3 Å². The van der Waals surface area contributed by atoms with E-state index >= 15 is 0 Å². The molecule has 138 valence electrons. The smallest absolute Gasteiger partial charge is 0.408 e. The maximum Gasteiger partial charge on any atom is 0.408 e. The van der Waals surface area contributed by atoms with Gasteiger partial charge in [0.15, 0.2) is 0 Å². The lowest BCUT2D eigenvalue weighted by atomic mass is 10.1. The molecule has 0 saturated heterocycles. The first-order valence-corrected chi connectivity index (χ1v) is 7.77. The molecule has 25 heavy (non-hydrogen) atoms. The molecular weight excluding hydrogens is 328 g/mol. The van der Waals surface area contributed by atoms with Crippen molar-refractivity contribution in [2.45, 2.75) is 45.3 Å². The van der Waals surface area contributed by atoms with Gasteiger partial charge in [0.25, 0.3) is 0 Å². The Labute approximate surface area is 146 Å². The predicted molar refractivity (Wildman–Crippen MR) is 91.1 cm³/mol. The number of phenolic OH excluding ortho intramolecular Hbond substituents is 1. The minimum Gasteiger partial charge on any atom is -0.508 e. The highest BCUT2D eigenvalue weighted by molar-refractivity contribution is 5.91. The Kier molecular flexibility index (Phi) is 7.22. The van der Waals surface area contributed by atoms with Crippen molar-refractivity contribution in [2.75, 3.05) is 12.4 Å². The number of amides is 2. The van der Waals surface area contributed by atoms with Crippen molar-refractivity contribution in [3.8, 4) is 5.75 Å². The second kappa shape index (κ2) is 8.91. The van der Waals surface area contributed by atoms with Gasteiger partial charge in [0, 0.05) is 12.1 Å². The highest BCUT2D eigenvalue weighted by Crippen LogP contribution is 2.14. The first-order valence-electron chi connectivity index (χ1n) is 7.77. The third-order valence-electron chi connectivity index (χ3n) is 2.99. The Balaban J connectivity index is 2.57. The number of ether oxygens (including phenoxy) is 2. The van der Waals surface area contributed by atoms with Gasteiger partial charge in [-0.05, 0) is 51.5 Å². The first kappa shape index (κ1) is 20.3. The monoisotopic (exact) mass is 352 g/mol. The molecule has 0 saturated carbocycles. The predicted octanol–water partition coefficient (Wildman–Crippen LogP) is 2.18. The fourth-order valence-electron chi connectivity index (χ4n) is 1.88. The zero-order valence-corrected chi connectivity index (χ0v) is 14.8. The van der Waals surface area contributed by atoms with Crippen molar-refractivity contribution < 1.29 is 29.0 Å². The van der Waals surface area contributed by atoms with Crippen LogP contribution in [0.4, 0.5) is 10.5 Å². The SMILES string of the molecule is COC(=O)C(CCC(=O)Nc1ccc(O)cc1)NC(=O)OC(C)(C)C. The number of carbonyl (C=O) groups is 3. The normalized spacial score (nSPS) is 12.0. The number of carbonyl (C=O) groups excluding carboxylic acids is 3. The summed E-state index contributed by atoms with van der Waals surface area (Å²) in [5.41, 5.74) is -0.196. The van der Waals surface area contributed by atoms with Crippen molar-refractivity contribution in [2.24, 2.45) is 0 Å². The number of hydrogen-bond acceptors (Lipinski definition) is 6. The molecule has 8 heteroatoms. The Bertz CT molecular complexity index is 607. The Morgan fingerprint density at radius 2 is 1.76 bits per heavy atom. The van der Waals surface area contributed by atoms with E-state index in [1.54, 1.807) is 32.9 Å². The van der Waals surface area contributed by atoms with Crippen molar-refractivity contribution in [1.82, 2.24) is 5.32 Å². The lowest BCUT2D eigenvalue weighted by molar-refractivity contribution is -0.143. The molecule has 0 aromatic heterocycles. The maximum absolute atomic E-state index is 12.0. The number of rotatable bonds is 6. The molecule has 1 aromatic carbocycles. The van der Waals surface area contributed by atoms with Crippen molar-refractivity contribution in [3.63, 3.8) is 0 Å². The number of alkyl carbamates (subject to hydrolysis) is 1. The molecule has 0 radical (unpaired) electrons. The zero-order valence-electron chi connectivity index (χ0n) is 14.8. The summed E-state index contributed by atoms with van der Waals surface area (Å²) in [4.78, 5) is 35.5. The van der Waals surface area contributed by atoms with Crippen LogP contribution in [0.25, 0.3) is 0 Å². The summed E-state index contributed by atoms with van der Waals surface area (Å²) in [5.74, 6) is -0.917. The van der Waals surface area contributed by atoms with Gasteiger partial charge in [0.05, 0.1) is 7.11 Å². The molecule has 3 N–H and O–H groups in total. The van der Waals surface area contributed by atoms with Crippen molar-refractivity contribution in [1.29, 1.82) is 0 Å². The van der Waals surface area contributed by atoms with Gasteiger partial charge in [0.2, 0.25) is 5.91 Å². The average molecular weight is 352 g/mol. The highest BCUT2D eigenvalue weighted by Gasteiger charge is 2.25. The number of anilines is 1. The number of nitrogens with one attached hydrogen (secondary N) is 2. The molecule has 8 nitrogen and oxygen atoms in total. The second-order valence-corrected chi connectivity index (χ2v) is 6.36. The van der Waals surface area contributed by atoms with E-state index < -0.39 is 23.7 Å². The van der Waals surface area contributed by atoms with Gasteiger partial charge in [-0.3, -0.25) is 4.79 Å². The van der Waals surface area contributed by atoms with Gasteiger partial charge in [-0.1, -0.05) is 0 Å². The van der Waals surface area contributed by atoms with E-state index in [4.69, 9.17) is 4.74 Å². The summed E-state index contributed by atoms with van der Waals surface area (Å²) < 4.78 is 9.73. The van der Waals surface area contributed by atoms with E-state index in [0.29, 0.717) is 5.69 Å². The summed E-state index contributed by atoms with van der Waals surface area (Å²) in [6, 6.07) is 4.98. The lowest BCUT2D eigenvalue weighted by Crippen LogP contribution is -2.44. The van der Waals surface area contributed by atoms with Crippen LogP contribution in [0.15, 0.2) is 24.3 Å². The van der Waals surface area contributed by atoms with E-state index in [2.05, 4.69) is 15.4 Å². The number of phenols is 1. The molecule has 1 rings (SSSR count). The van der Waals surface area contributed by atoms with Gasteiger partial charge in [-0.15, -0.1) is 0 Å². The molecule has 0 fully saturated rings. The largest absolute Gasteiger partial charge is 0.508 e. The van der Waals surface area contributed by atoms with Crippen LogP contribution in [0, 0.1) is 0 Å². The van der Waals surface area contributed by atoms with Crippen LogP contribution in [-0.2, 0) is 19.1 Å². The standard InChI is InChI=1S/C17H24N2O6/c1-17(2,3)25-16(23)19-13(15(22)24-4)9-10-14(21)18-11-5-7-12(20)8-6-11/h5-8,13,20H,9-10H2,1-4H3,(H,18,21)(H,19,23). The topological polar surface area (TPSA) is 114 Å². The Morgan fingerprint density at radius 1 is 1.16 bits per heavy atom. The summed E-state index contributed by atoms with van der Waals surface area (Å²) in [6.07, 6.45) is -0.728. The Morgan fingerprint density at radius 3 is 2.28 bits per heavy atom. The first-order chi connectivity index (χ1) is 11.6. The molecule has 0 heterocycles.